The Labute approximate surface area is 196 Å². The monoisotopic (exact) mass is 474 g/mol. The molecule has 1 fully saturated rings. The third kappa shape index (κ3) is 4.33. The number of halogens is 3. The molecule has 7 heteroatoms. The summed E-state index contributed by atoms with van der Waals surface area (Å²) in [7, 11) is 0. The van der Waals surface area contributed by atoms with Gasteiger partial charge in [0, 0.05) is 22.2 Å². The average molecular weight is 476 g/mol. The molecule has 4 rings (SSSR count). The standard InChI is InChI=1S/C24H21Cl3N2O2/c1-15-13-18(26)11-12-20(15)28-24(29-21-6-4-3-5-19(21)27)14-23(2,31-22(24)30)16-7-9-17(25)10-8-16/h3-13,28-29H,14H2,1-2H3. The average Bonchev–Trinajstić information content (AvgIpc) is 2.97. The van der Waals surface area contributed by atoms with Crippen LogP contribution in [0.3, 0.4) is 0 Å². The van der Waals surface area contributed by atoms with E-state index in [0.717, 1.165) is 16.8 Å². The number of anilines is 2. The fourth-order valence-electron chi connectivity index (χ4n) is 3.88. The number of para-hydroxylation sites is 1. The zero-order valence-corrected chi connectivity index (χ0v) is 19.3. The Morgan fingerprint density at radius 2 is 1.52 bits per heavy atom. The topological polar surface area (TPSA) is 50.4 Å². The van der Waals surface area contributed by atoms with Gasteiger partial charge in [0.05, 0.1) is 10.7 Å². The maximum Gasteiger partial charge on any atom is 0.353 e. The number of benzene rings is 3. The first-order chi connectivity index (χ1) is 14.7. The van der Waals surface area contributed by atoms with E-state index in [2.05, 4.69) is 10.6 Å². The first kappa shape index (κ1) is 21.8. The largest absolute Gasteiger partial charge is 0.451 e. The summed E-state index contributed by atoms with van der Waals surface area (Å²) < 4.78 is 5.96. The van der Waals surface area contributed by atoms with E-state index in [0.29, 0.717) is 27.2 Å². The lowest BCUT2D eigenvalue weighted by molar-refractivity contribution is -0.150. The Morgan fingerprint density at radius 1 is 0.871 bits per heavy atom. The zero-order chi connectivity index (χ0) is 22.2. The van der Waals surface area contributed by atoms with E-state index in [1.807, 2.05) is 56.3 Å². The van der Waals surface area contributed by atoms with Crippen LogP contribution in [0, 0.1) is 6.92 Å². The van der Waals surface area contributed by atoms with Gasteiger partial charge < -0.3 is 15.4 Å². The second kappa shape index (κ2) is 8.27. The molecule has 4 nitrogen and oxygen atoms in total. The van der Waals surface area contributed by atoms with Gasteiger partial charge in [-0.2, -0.15) is 0 Å². The highest BCUT2D eigenvalue weighted by Crippen LogP contribution is 2.44. The van der Waals surface area contributed by atoms with E-state index in [1.54, 1.807) is 24.3 Å². The van der Waals surface area contributed by atoms with Gasteiger partial charge >= 0.3 is 5.97 Å². The Morgan fingerprint density at radius 3 is 2.19 bits per heavy atom. The van der Waals surface area contributed by atoms with Crippen LogP contribution in [0.5, 0.6) is 0 Å². The Hall–Kier alpha value is -2.40. The molecular weight excluding hydrogens is 455 g/mol. The van der Waals surface area contributed by atoms with Crippen molar-refractivity contribution in [1.82, 2.24) is 0 Å². The summed E-state index contributed by atoms with van der Waals surface area (Å²) in [6.07, 6.45) is 0.313. The quantitative estimate of drug-likeness (QED) is 0.307. The molecule has 2 N–H and O–H groups in total. The van der Waals surface area contributed by atoms with E-state index < -0.39 is 17.2 Å². The summed E-state index contributed by atoms with van der Waals surface area (Å²) in [5, 5.41) is 8.45. The van der Waals surface area contributed by atoms with Crippen molar-refractivity contribution in [2.75, 3.05) is 10.6 Å². The molecule has 0 amide bonds. The lowest BCUT2D eigenvalue weighted by atomic mass is 9.88. The molecule has 0 aliphatic carbocycles. The SMILES string of the molecule is Cc1cc(Cl)ccc1NC1(Nc2ccccc2Cl)CC(C)(c2ccc(Cl)cc2)OC1=O. The minimum Gasteiger partial charge on any atom is -0.451 e. The van der Waals surface area contributed by atoms with Crippen LogP contribution >= 0.6 is 34.8 Å². The van der Waals surface area contributed by atoms with Crippen LogP contribution in [0.2, 0.25) is 15.1 Å². The van der Waals surface area contributed by atoms with Crippen molar-refractivity contribution in [2.45, 2.75) is 31.5 Å². The molecule has 160 valence electrons. The third-order valence-electron chi connectivity index (χ3n) is 5.48. The molecule has 1 aliphatic heterocycles. The second-order valence-electron chi connectivity index (χ2n) is 7.90. The number of hydrogen-bond donors (Lipinski definition) is 2. The number of ether oxygens (including phenoxy) is 1. The Balaban J connectivity index is 1.77. The number of rotatable bonds is 5. The lowest BCUT2D eigenvalue weighted by Gasteiger charge is -2.32. The molecule has 31 heavy (non-hydrogen) atoms. The van der Waals surface area contributed by atoms with Gasteiger partial charge in [-0.25, -0.2) is 4.79 Å². The van der Waals surface area contributed by atoms with Crippen molar-refractivity contribution >= 4 is 52.1 Å². The number of aryl methyl sites for hydroxylation is 1. The van der Waals surface area contributed by atoms with E-state index >= 15 is 0 Å². The van der Waals surface area contributed by atoms with Crippen LogP contribution in [0.25, 0.3) is 0 Å². The fourth-order valence-corrected chi connectivity index (χ4v) is 4.42. The van der Waals surface area contributed by atoms with Crippen LogP contribution in [0.1, 0.15) is 24.5 Å². The van der Waals surface area contributed by atoms with Crippen molar-refractivity contribution in [2.24, 2.45) is 0 Å². The van der Waals surface area contributed by atoms with Crippen LogP contribution in [0.4, 0.5) is 11.4 Å². The molecule has 0 aromatic heterocycles. The molecule has 2 atom stereocenters. The summed E-state index contributed by atoms with van der Waals surface area (Å²) in [5.41, 5.74) is 1.02. The van der Waals surface area contributed by atoms with Crippen LogP contribution in [-0.2, 0) is 15.1 Å². The molecule has 3 aromatic rings. The van der Waals surface area contributed by atoms with Crippen molar-refractivity contribution in [1.29, 1.82) is 0 Å². The summed E-state index contributed by atoms with van der Waals surface area (Å²) in [6.45, 7) is 3.82. The summed E-state index contributed by atoms with van der Waals surface area (Å²) in [4.78, 5) is 13.4. The maximum absolute atomic E-state index is 13.4. The number of nitrogens with one attached hydrogen (secondary N) is 2. The van der Waals surface area contributed by atoms with Crippen molar-refractivity contribution in [3.8, 4) is 0 Å². The number of carbonyl (C=O) groups excluding carboxylic acids is 1. The van der Waals surface area contributed by atoms with Gasteiger partial charge in [-0.3, -0.25) is 0 Å². The highest BCUT2D eigenvalue weighted by molar-refractivity contribution is 6.33. The summed E-state index contributed by atoms with van der Waals surface area (Å²) in [5.74, 6) is -0.431. The molecule has 1 aliphatic rings. The first-order valence-electron chi connectivity index (χ1n) is 9.77. The molecule has 0 spiro atoms. The zero-order valence-electron chi connectivity index (χ0n) is 17.0. The molecule has 0 saturated carbocycles. The highest BCUT2D eigenvalue weighted by atomic mass is 35.5. The summed E-state index contributed by atoms with van der Waals surface area (Å²) in [6, 6.07) is 20.1. The Bertz CT molecular complexity index is 1140. The molecule has 3 aromatic carbocycles. The van der Waals surface area contributed by atoms with Gasteiger partial charge in [-0.1, -0.05) is 59.1 Å². The van der Waals surface area contributed by atoms with Crippen molar-refractivity contribution in [3.05, 3.63) is 92.9 Å². The highest BCUT2D eigenvalue weighted by Gasteiger charge is 2.56. The van der Waals surface area contributed by atoms with Gasteiger partial charge in [0.1, 0.15) is 5.60 Å². The minimum absolute atomic E-state index is 0.313. The van der Waals surface area contributed by atoms with E-state index in [9.17, 15) is 4.79 Å². The summed E-state index contributed by atoms with van der Waals surface area (Å²) >= 11 is 18.6. The van der Waals surface area contributed by atoms with E-state index in [1.165, 1.54) is 0 Å². The normalized spacial score (nSPS) is 22.8. The Kier molecular flexibility index (Phi) is 5.82. The molecule has 0 bridgehead atoms. The second-order valence-corrected chi connectivity index (χ2v) is 9.18. The number of hydrogen-bond acceptors (Lipinski definition) is 4. The van der Waals surface area contributed by atoms with Crippen LogP contribution in [0.15, 0.2) is 66.7 Å². The molecule has 1 heterocycles. The fraction of sp³-hybridized carbons (Fsp3) is 0.208. The van der Waals surface area contributed by atoms with Crippen molar-refractivity contribution < 1.29 is 9.53 Å². The van der Waals surface area contributed by atoms with E-state index in [4.69, 9.17) is 39.5 Å². The van der Waals surface area contributed by atoms with Crippen LogP contribution in [-0.4, -0.2) is 11.6 Å². The molecule has 1 saturated heterocycles. The van der Waals surface area contributed by atoms with Crippen molar-refractivity contribution in [3.63, 3.8) is 0 Å². The first-order valence-corrected chi connectivity index (χ1v) is 10.9. The predicted molar refractivity (Wildman–Crippen MR) is 127 cm³/mol. The smallest absolute Gasteiger partial charge is 0.353 e. The van der Waals surface area contributed by atoms with Gasteiger partial charge in [0.25, 0.3) is 0 Å². The molecule has 2 unspecified atom stereocenters. The number of esters is 1. The predicted octanol–water partition coefficient (Wildman–Crippen LogP) is 7.04. The lowest BCUT2D eigenvalue weighted by Crippen LogP contribution is -2.51. The molecule has 0 radical (unpaired) electrons. The van der Waals surface area contributed by atoms with Gasteiger partial charge in [-0.15, -0.1) is 0 Å². The van der Waals surface area contributed by atoms with Gasteiger partial charge in [-0.05, 0) is 67.4 Å². The molecular formula is C24H21Cl3N2O2. The van der Waals surface area contributed by atoms with Gasteiger partial charge in [0.2, 0.25) is 5.66 Å². The number of carbonyl (C=O) groups is 1. The maximum atomic E-state index is 13.4. The van der Waals surface area contributed by atoms with Gasteiger partial charge in [0.15, 0.2) is 0 Å². The third-order valence-corrected chi connectivity index (χ3v) is 6.30. The minimum atomic E-state index is -1.25. The van der Waals surface area contributed by atoms with E-state index in [-0.39, 0.29) is 0 Å². The van der Waals surface area contributed by atoms with Crippen LogP contribution < -0.4 is 10.6 Å². The number of cyclic esters (lactones) is 1.